The van der Waals surface area contributed by atoms with Gasteiger partial charge in [-0.15, -0.1) is 0 Å². The Balaban J connectivity index is 4.23. The lowest BCUT2D eigenvalue weighted by molar-refractivity contribution is -0.167. The molecule has 0 aliphatic carbocycles. The molecule has 1 unspecified atom stereocenters. The third-order valence-electron chi connectivity index (χ3n) is 15.5. The summed E-state index contributed by atoms with van der Waals surface area (Å²) in [6.45, 7) is 6.72. The van der Waals surface area contributed by atoms with Crippen molar-refractivity contribution < 1.29 is 28.6 Å². The number of ether oxygens (including phenoxy) is 3. The molecule has 0 fully saturated rings. The van der Waals surface area contributed by atoms with E-state index in [1.165, 1.54) is 289 Å². The smallest absolute Gasteiger partial charge is 0.306 e. The standard InChI is InChI=1S/C68H130O6/c1-4-7-10-13-16-19-22-25-28-30-32-33-34-35-36-37-39-40-43-46-49-52-55-58-61-67(70)73-64-65(63-72-66(69)60-57-54-51-48-45-42-27-24-21-18-15-12-9-6-3)74-68(71)62-59-56-53-50-47-44-41-38-31-29-26-23-20-17-14-11-8-5-2/h29,31,65H,4-28,30,32-64H2,1-3H3/b31-29-. The van der Waals surface area contributed by atoms with Crippen LogP contribution in [0.25, 0.3) is 0 Å². The molecule has 6 heteroatoms. The Morgan fingerprint density at radius 1 is 0.257 bits per heavy atom. The van der Waals surface area contributed by atoms with Gasteiger partial charge in [-0.25, -0.2) is 0 Å². The van der Waals surface area contributed by atoms with E-state index in [0.29, 0.717) is 19.3 Å². The molecular formula is C68H130O6. The SMILES string of the molecule is CCCCCCCCC/C=C\CCCCCCCCCC(=O)OC(COC(=O)CCCCCCCCCCCCCCCC)COC(=O)CCCCCCCCCCCCCCCCCCCCCCCCCC. The minimum atomic E-state index is -0.768. The molecule has 0 spiro atoms. The van der Waals surface area contributed by atoms with Crippen molar-refractivity contribution in [3.05, 3.63) is 12.2 Å². The highest BCUT2D eigenvalue weighted by atomic mass is 16.6. The molecule has 0 N–H and O–H groups in total. The number of allylic oxidation sites excluding steroid dienone is 2. The van der Waals surface area contributed by atoms with E-state index in [-0.39, 0.29) is 31.1 Å². The van der Waals surface area contributed by atoms with Gasteiger partial charge >= 0.3 is 17.9 Å². The lowest BCUT2D eigenvalue weighted by Crippen LogP contribution is -2.30. The van der Waals surface area contributed by atoms with Crippen molar-refractivity contribution in [1.29, 1.82) is 0 Å². The molecule has 0 aliphatic heterocycles. The van der Waals surface area contributed by atoms with Crippen LogP contribution >= 0.6 is 0 Å². The Morgan fingerprint density at radius 3 is 0.676 bits per heavy atom. The Bertz CT molecular complexity index is 1150. The summed E-state index contributed by atoms with van der Waals surface area (Å²) >= 11 is 0. The van der Waals surface area contributed by atoms with Crippen LogP contribution in [-0.4, -0.2) is 37.2 Å². The summed E-state index contributed by atoms with van der Waals surface area (Å²) in [4.78, 5) is 38.3. The highest BCUT2D eigenvalue weighted by Gasteiger charge is 2.19. The summed E-state index contributed by atoms with van der Waals surface area (Å²) in [6.07, 6.45) is 75.1. The number of carbonyl (C=O) groups is 3. The number of esters is 3. The molecule has 0 aromatic rings. The summed E-state index contributed by atoms with van der Waals surface area (Å²) in [5.41, 5.74) is 0. The lowest BCUT2D eigenvalue weighted by atomic mass is 10.0. The largest absolute Gasteiger partial charge is 0.462 e. The highest BCUT2D eigenvalue weighted by molar-refractivity contribution is 5.71. The predicted molar refractivity (Wildman–Crippen MR) is 321 cm³/mol. The molecular weight excluding hydrogens is 913 g/mol. The van der Waals surface area contributed by atoms with Gasteiger partial charge in [0.2, 0.25) is 0 Å². The molecule has 0 aliphatic rings. The quantitative estimate of drug-likeness (QED) is 0.0261. The van der Waals surface area contributed by atoms with Crippen molar-refractivity contribution in [3.63, 3.8) is 0 Å². The molecule has 6 nitrogen and oxygen atoms in total. The van der Waals surface area contributed by atoms with Crippen LogP contribution in [0, 0.1) is 0 Å². The molecule has 0 bridgehead atoms. The monoisotopic (exact) mass is 1040 g/mol. The summed E-state index contributed by atoms with van der Waals surface area (Å²) in [6, 6.07) is 0. The van der Waals surface area contributed by atoms with Gasteiger partial charge in [-0.3, -0.25) is 14.4 Å². The number of hydrogen-bond acceptors (Lipinski definition) is 6. The van der Waals surface area contributed by atoms with E-state index in [9.17, 15) is 14.4 Å². The highest BCUT2D eigenvalue weighted by Crippen LogP contribution is 2.18. The Morgan fingerprint density at radius 2 is 0.446 bits per heavy atom. The molecule has 1 atom stereocenters. The maximum atomic E-state index is 12.9. The zero-order valence-electron chi connectivity index (χ0n) is 50.4. The van der Waals surface area contributed by atoms with E-state index >= 15 is 0 Å². The third-order valence-corrected chi connectivity index (χ3v) is 15.5. The van der Waals surface area contributed by atoms with Gasteiger partial charge in [0.15, 0.2) is 6.10 Å². The molecule has 0 amide bonds. The van der Waals surface area contributed by atoms with Crippen LogP contribution in [0.2, 0.25) is 0 Å². The van der Waals surface area contributed by atoms with Gasteiger partial charge in [-0.2, -0.15) is 0 Å². The van der Waals surface area contributed by atoms with Crippen molar-refractivity contribution in [2.75, 3.05) is 13.2 Å². The minimum absolute atomic E-state index is 0.0651. The molecule has 0 aromatic heterocycles. The first kappa shape index (κ1) is 72.2. The molecule has 0 saturated carbocycles. The molecule has 438 valence electrons. The first-order chi connectivity index (χ1) is 36.5. The summed E-state index contributed by atoms with van der Waals surface area (Å²) < 4.78 is 17.0. The summed E-state index contributed by atoms with van der Waals surface area (Å²) in [5.74, 6) is -0.837. The van der Waals surface area contributed by atoms with Crippen LogP contribution in [0.15, 0.2) is 12.2 Å². The third kappa shape index (κ3) is 61.0. The van der Waals surface area contributed by atoms with E-state index in [2.05, 4.69) is 32.9 Å². The van der Waals surface area contributed by atoms with E-state index in [1.54, 1.807) is 0 Å². The van der Waals surface area contributed by atoms with Crippen molar-refractivity contribution in [2.24, 2.45) is 0 Å². The first-order valence-electron chi connectivity index (χ1n) is 33.7. The second kappa shape index (κ2) is 63.7. The summed E-state index contributed by atoms with van der Waals surface area (Å²) in [7, 11) is 0. The van der Waals surface area contributed by atoms with Crippen molar-refractivity contribution in [3.8, 4) is 0 Å². The number of hydrogen-bond donors (Lipinski definition) is 0. The van der Waals surface area contributed by atoms with Gasteiger partial charge in [0, 0.05) is 19.3 Å². The van der Waals surface area contributed by atoms with Crippen LogP contribution in [0.5, 0.6) is 0 Å². The van der Waals surface area contributed by atoms with E-state index in [4.69, 9.17) is 14.2 Å². The zero-order chi connectivity index (χ0) is 53.6. The van der Waals surface area contributed by atoms with Crippen molar-refractivity contribution >= 4 is 17.9 Å². The number of unbranched alkanes of at least 4 members (excludes halogenated alkanes) is 50. The lowest BCUT2D eigenvalue weighted by Gasteiger charge is -2.18. The summed E-state index contributed by atoms with van der Waals surface area (Å²) in [5, 5.41) is 0. The maximum Gasteiger partial charge on any atom is 0.306 e. The molecule has 0 aromatic carbocycles. The molecule has 74 heavy (non-hydrogen) atoms. The zero-order valence-corrected chi connectivity index (χ0v) is 50.4. The Hall–Kier alpha value is -1.85. The average molecular weight is 1040 g/mol. The van der Waals surface area contributed by atoms with Crippen LogP contribution in [0.1, 0.15) is 387 Å². The van der Waals surface area contributed by atoms with Gasteiger partial charge in [0.05, 0.1) is 0 Å². The van der Waals surface area contributed by atoms with Gasteiger partial charge < -0.3 is 14.2 Å². The average Bonchev–Trinajstić information content (AvgIpc) is 3.40. The normalized spacial score (nSPS) is 12.0. The van der Waals surface area contributed by atoms with Gasteiger partial charge in [-0.05, 0) is 44.9 Å². The Labute approximate surface area is 462 Å². The van der Waals surface area contributed by atoms with E-state index in [1.807, 2.05) is 0 Å². The maximum absolute atomic E-state index is 12.9. The van der Waals surface area contributed by atoms with Crippen LogP contribution in [-0.2, 0) is 28.6 Å². The van der Waals surface area contributed by atoms with Gasteiger partial charge in [0.1, 0.15) is 13.2 Å². The topological polar surface area (TPSA) is 78.9 Å². The van der Waals surface area contributed by atoms with Gasteiger partial charge in [0.25, 0.3) is 0 Å². The first-order valence-corrected chi connectivity index (χ1v) is 33.7. The van der Waals surface area contributed by atoms with Crippen LogP contribution in [0.3, 0.4) is 0 Å². The van der Waals surface area contributed by atoms with Crippen LogP contribution in [0.4, 0.5) is 0 Å². The number of rotatable bonds is 63. The minimum Gasteiger partial charge on any atom is -0.462 e. The Kier molecular flexibility index (Phi) is 62.1. The fourth-order valence-corrected chi connectivity index (χ4v) is 10.4. The fourth-order valence-electron chi connectivity index (χ4n) is 10.4. The molecule has 0 saturated heterocycles. The molecule has 0 heterocycles. The molecule has 0 radical (unpaired) electrons. The second-order valence-corrected chi connectivity index (χ2v) is 23.1. The second-order valence-electron chi connectivity index (χ2n) is 23.1. The van der Waals surface area contributed by atoms with E-state index < -0.39 is 6.10 Å². The number of carbonyl (C=O) groups excluding carboxylic acids is 3. The van der Waals surface area contributed by atoms with E-state index in [0.717, 1.165) is 57.8 Å². The van der Waals surface area contributed by atoms with Crippen LogP contribution < -0.4 is 0 Å². The van der Waals surface area contributed by atoms with Gasteiger partial charge in [-0.1, -0.05) is 335 Å². The van der Waals surface area contributed by atoms with Crippen molar-refractivity contribution in [1.82, 2.24) is 0 Å². The van der Waals surface area contributed by atoms with Crippen molar-refractivity contribution in [2.45, 2.75) is 393 Å². The predicted octanol–water partition coefficient (Wildman–Crippen LogP) is 22.8. The molecule has 0 rings (SSSR count). The fraction of sp³-hybridized carbons (Fsp3) is 0.926.